The standard InChI is InChI=1S/C38H42N6O4/c1-38(37(47)39-16-17-44-18-20-48-21-19-44)24-33(26-43(38)3)41-36(46)34-23-32(25-42(34)2)40-35(45)30-14-10-27(11-15-30)8-9-28-12-13-29-6-4-5-7-31(29)22-28/h4-15,22-25H,16-21,26H2,1-3H3,(H,39,47)(H,40,45)(H,41,46). The van der Waals surface area contributed by atoms with Gasteiger partial charge in [0.2, 0.25) is 5.91 Å². The lowest BCUT2D eigenvalue weighted by Gasteiger charge is -2.31. The number of rotatable bonds is 10. The second-order valence-corrected chi connectivity index (χ2v) is 12.6. The second-order valence-electron chi connectivity index (χ2n) is 12.6. The highest BCUT2D eigenvalue weighted by molar-refractivity contribution is 6.05. The Morgan fingerprint density at radius 2 is 1.56 bits per heavy atom. The predicted octanol–water partition coefficient (Wildman–Crippen LogP) is 4.37. The van der Waals surface area contributed by atoms with Gasteiger partial charge in [-0.2, -0.15) is 0 Å². The molecule has 3 aromatic carbocycles. The van der Waals surface area contributed by atoms with Gasteiger partial charge in [0, 0.05) is 57.2 Å². The van der Waals surface area contributed by atoms with Crippen molar-refractivity contribution in [1.29, 1.82) is 0 Å². The molecule has 2 aliphatic rings. The SMILES string of the molecule is CN1CC(NC(=O)c2cc(NC(=O)c3ccc(C=Cc4ccc5ccccc5c4)cc3)cn2C)=CC1(C)C(=O)NCCN1CCOCC1. The average Bonchev–Trinajstić information content (AvgIpc) is 3.61. The van der Waals surface area contributed by atoms with Gasteiger partial charge in [0.1, 0.15) is 11.2 Å². The molecule has 248 valence electrons. The Hall–Kier alpha value is -5.03. The van der Waals surface area contributed by atoms with Gasteiger partial charge in [0.15, 0.2) is 0 Å². The third-order valence-electron chi connectivity index (χ3n) is 9.12. The number of hydrogen-bond acceptors (Lipinski definition) is 6. The van der Waals surface area contributed by atoms with E-state index in [9.17, 15) is 14.4 Å². The number of ether oxygens (including phenoxy) is 1. The molecule has 3 N–H and O–H groups in total. The first-order valence-corrected chi connectivity index (χ1v) is 16.3. The van der Waals surface area contributed by atoms with Crippen molar-refractivity contribution < 1.29 is 19.1 Å². The number of likely N-dealkylation sites (N-methyl/N-ethyl adjacent to an activating group) is 1. The monoisotopic (exact) mass is 646 g/mol. The van der Waals surface area contributed by atoms with Crippen LogP contribution in [-0.2, 0) is 16.6 Å². The summed E-state index contributed by atoms with van der Waals surface area (Å²) in [5.74, 6) is -0.703. The van der Waals surface area contributed by atoms with Crippen LogP contribution in [0, 0.1) is 0 Å². The number of nitrogens with zero attached hydrogens (tertiary/aromatic N) is 3. The van der Waals surface area contributed by atoms with Gasteiger partial charge in [-0.15, -0.1) is 0 Å². The summed E-state index contributed by atoms with van der Waals surface area (Å²) in [5, 5.41) is 11.3. The predicted molar refractivity (Wildman–Crippen MR) is 190 cm³/mol. The van der Waals surface area contributed by atoms with Crippen LogP contribution in [0.1, 0.15) is 38.9 Å². The number of aromatic nitrogens is 1. The van der Waals surface area contributed by atoms with Crippen molar-refractivity contribution >= 4 is 46.3 Å². The van der Waals surface area contributed by atoms with E-state index in [-0.39, 0.29) is 17.7 Å². The van der Waals surface area contributed by atoms with E-state index in [0.29, 0.717) is 35.7 Å². The number of anilines is 1. The second kappa shape index (κ2) is 14.4. The summed E-state index contributed by atoms with van der Waals surface area (Å²) < 4.78 is 7.06. The van der Waals surface area contributed by atoms with Crippen molar-refractivity contribution in [3.05, 3.63) is 113 Å². The van der Waals surface area contributed by atoms with Crippen molar-refractivity contribution in [2.75, 3.05) is 58.3 Å². The molecule has 1 aromatic heterocycles. The average molecular weight is 647 g/mol. The van der Waals surface area contributed by atoms with Crippen LogP contribution in [-0.4, -0.2) is 90.6 Å². The van der Waals surface area contributed by atoms with Gasteiger partial charge in [0.05, 0.1) is 18.9 Å². The topological polar surface area (TPSA) is 108 Å². The summed E-state index contributed by atoms with van der Waals surface area (Å²) >= 11 is 0. The Balaban J connectivity index is 1.03. The van der Waals surface area contributed by atoms with Crippen molar-refractivity contribution in [2.24, 2.45) is 7.05 Å². The Bertz CT molecular complexity index is 1870. The molecule has 3 heterocycles. The zero-order chi connectivity index (χ0) is 33.7. The van der Waals surface area contributed by atoms with Gasteiger partial charge in [-0.25, -0.2) is 0 Å². The largest absolute Gasteiger partial charge is 0.379 e. The Morgan fingerprint density at radius 1 is 0.854 bits per heavy atom. The molecule has 4 aromatic rings. The van der Waals surface area contributed by atoms with Gasteiger partial charge in [0.25, 0.3) is 11.8 Å². The normalized spacial score (nSPS) is 18.6. The zero-order valence-corrected chi connectivity index (χ0v) is 27.7. The number of carbonyl (C=O) groups excluding carboxylic acids is 3. The molecule has 3 amide bonds. The van der Waals surface area contributed by atoms with Crippen LogP contribution in [0.5, 0.6) is 0 Å². The first-order chi connectivity index (χ1) is 23.2. The molecule has 2 aliphatic heterocycles. The molecule has 0 saturated carbocycles. The smallest absolute Gasteiger partial charge is 0.272 e. The minimum atomic E-state index is -0.886. The summed E-state index contributed by atoms with van der Waals surface area (Å²) in [6, 6.07) is 23.6. The third-order valence-corrected chi connectivity index (χ3v) is 9.12. The summed E-state index contributed by atoms with van der Waals surface area (Å²) in [6.45, 7) is 6.75. The molecule has 1 unspecified atom stereocenters. The van der Waals surface area contributed by atoms with E-state index in [1.165, 1.54) is 10.8 Å². The minimum Gasteiger partial charge on any atom is -0.379 e. The molecular weight excluding hydrogens is 604 g/mol. The van der Waals surface area contributed by atoms with Gasteiger partial charge in [-0.05, 0) is 66.2 Å². The summed E-state index contributed by atoms with van der Waals surface area (Å²) in [5.41, 5.74) is 3.24. The number of benzene rings is 3. The number of hydrogen-bond donors (Lipinski definition) is 3. The van der Waals surface area contributed by atoms with Crippen molar-refractivity contribution in [3.8, 4) is 0 Å². The van der Waals surface area contributed by atoms with E-state index in [0.717, 1.165) is 44.0 Å². The molecule has 10 heteroatoms. The molecule has 0 aliphatic carbocycles. The number of carbonyl (C=O) groups is 3. The highest BCUT2D eigenvalue weighted by atomic mass is 16.5. The maximum atomic E-state index is 13.3. The van der Waals surface area contributed by atoms with Gasteiger partial charge < -0.3 is 25.3 Å². The maximum absolute atomic E-state index is 13.3. The molecule has 0 bridgehead atoms. The fourth-order valence-corrected chi connectivity index (χ4v) is 6.08. The van der Waals surface area contributed by atoms with Crippen molar-refractivity contribution in [3.63, 3.8) is 0 Å². The lowest BCUT2D eigenvalue weighted by molar-refractivity contribution is -0.128. The number of aryl methyl sites for hydroxylation is 1. The molecule has 48 heavy (non-hydrogen) atoms. The minimum absolute atomic E-state index is 0.111. The molecule has 0 spiro atoms. The van der Waals surface area contributed by atoms with E-state index < -0.39 is 5.54 Å². The number of nitrogens with one attached hydrogen (secondary N) is 3. The van der Waals surface area contributed by atoms with Gasteiger partial charge in [-0.1, -0.05) is 60.7 Å². The van der Waals surface area contributed by atoms with Crippen LogP contribution in [0.15, 0.2) is 90.8 Å². The van der Waals surface area contributed by atoms with Gasteiger partial charge in [-0.3, -0.25) is 24.2 Å². The number of fused-ring (bicyclic) bond motifs is 1. The third kappa shape index (κ3) is 7.57. The maximum Gasteiger partial charge on any atom is 0.272 e. The molecule has 1 atom stereocenters. The molecule has 1 saturated heterocycles. The van der Waals surface area contributed by atoms with Crippen LogP contribution in [0.25, 0.3) is 22.9 Å². The van der Waals surface area contributed by atoms with E-state index in [1.54, 1.807) is 42.1 Å². The lowest BCUT2D eigenvalue weighted by Crippen LogP contribution is -2.53. The van der Waals surface area contributed by atoms with Crippen LogP contribution >= 0.6 is 0 Å². The Morgan fingerprint density at radius 3 is 2.33 bits per heavy atom. The Kier molecular flexibility index (Phi) is 9.86. The van der Waals surface area contributed by atoms with E-state index in [4.69, 9.17) is 4.74 Å². The van der Waals surface area contributed by atoms with Crippen LogP contribution in [0.2, 0.25) is 0 Å². The number of morpholine rings is 1. The highest BCUT2D eigenvalue weighted by Gasteiger charge is 2.40. The first-order valence-electron chi connectivity index (χ1n) is 16.3. The quantitative estimate of drug-likeness (QED) is 0.221. The molecule has 6 rings (SSSR count). The molecular formula is C38H42N6O4. The molecule has 0 radical (unpaired) electrons. The fraction of sp³-hybridized carbons (Fsp3) is 0.289. The summed E-state index contributed by atoms with van der Waals surface area (Å²) in [7, 11) is 3.61. The van der Waals surface area contributed by atoms with Crippen LogP contribution < -0.4 is 16.0 Å². The Labute approximate surface area is 281 Å². The summed E-state index contributed by atoms with van der Waals surface area (Å²) in [4.78, 5) is 43.6. The zero-order valence-electron chi connectivity index (χ0n) is 27.7. The number of amides is 3. The lowest BCUT2D eigenvalue weighted by atomic mass is 10.0. The van der Waals surface area contributed by atoms with Crippen LogP contribution in [0.3, 0.4) is 0 Å². The summed E-state index contributed by atoms with van der Waals surface area (Å²) in [6.07, 6.45) is 7.59. The highest BCUT2D eigenvalue weighted by Crippen LogP contribution is 2.25. The fourth-order valence-electron chi connectivity index (χ4n) is 6.08. The molecule has 10 nitrogen and oxygen atoms in total. The van der Waals surface area contributed by atoms with Gasteiger partial charge >= 0.3 is 0 Å². The van der Waals surface area contributed by atoms with E-state index in [1.807, 2.05) is 49.2 Å². The van der Waals surface area contributed by atoms with Crippen LogP contribution in [0.4, 0.5) is 5.69 Å². The molecule has 1 fully saturated rings. The van der Waals surface area contributed by atoms with Crippen molar-refractivity contribution in [1.82, 2.24) is 25.0 Å². The van der Waals surface area contributed by atoms with E-state index >= 15 is 0 Å². The first kappa shape index (κ1) is 32.9. The van der Waals surface area contributed by atoms with E-state index in [2.05, 4.69) is 57.3 Å². The van der Waals surface area contributed by atoms with Crippen molar-refractivity contribution in [2.45, 2.75) is 12.5 Å².